The van der Waals surface area contributed by atoms with Crippen molar-refractivity contribution >= 4 is 19.8 Å². The number of aliphatic carboxylic acids is 1. The molecule has 0 aliphatic heterocycles. The van der Waals surface area contributed by atoms with Gasteiger partial charge in [0.1, 0.15) is 12.1 Å². The van der Waals surface area contributed by atoms with E-state index >= 15 is 0 Å². The highest BCUT2D eigenvalue weighted by Gasteiger charge is 2.27. The second-order valence-corrected chi connectivity index (χ2v) is 15.9. The Morgan fingerprint density at radius 3 is 1.49 bits per heavy atom. The fraction of sp³-hybridized carbons (Fsp3) is 0.857. The molecule has 0 aromatic rings. The predicted octanol–water partition coefficient (Wildman–Crippen LogP) is 11.5. The van der Waals surface area contributed by atoms with E-state index in [1.54, 1.807) is 0 Å². The Morgan fingerprint density at radius 1 is 0.585 bits per heavy atom. The van der Waals surface area contributed by atoms with Crippen molar-refractivity contribution in [1.82, 2.24) is 0 Å². The number of esters is 1. The maximum absolute atomic E-state index is 12.6. The second kappa shape index (κ2) is 38.7. The molecule has 0 aliphatic carbocycles. The van der Waals surface area contributed by atoms with Gasteiger partial charge < -0.3 is 25.2 Å². The third kappa shape index (κ3) is 38.5. The van der Waals surface area contributed by atoms with Crippen molar-refractivity contribution in [2.24, 2.45) is 5.73 Å². The number of phosphoric acid groups is 1. The molecule has 0 rings (SSSR count). The summed E-state index contributed by atoms with van der Waals surface area (Å²) in [5.41, 5.74) is 5.35. The zero-order valence-corrected chi connectivity index (χ0v) is 34.8. The minimum Gasteiger partial charge on any atom is -0.480 e. The zero-order chi connectivity index (χ0) is 39.1. The average molecular weight is 774 g/mol. The van der Waals surface area contributed by atoms with Gasteiger partial charge in [-0.05, 0) is 57.8 Å². The lowest BCUT2D eigenvalue weighted by Gasteiger charge is -2.20. The van der Waals surface area contributed by atoms with E-state index in [2.05, 4.69) is 38.2 Å². The van der Waals surface area contributed by atoms with Crippen molar-refractivity contribution in [1.29, 1.82) is 0 Å². The number of nitrogens with two attached hydrogens (primary N) is 1. The molecule has 0 heterocycles. The van der Waals surface area contributed by atoms with E-state index in [0.717, 1.165) is 44.9 Å². The maximum Gasteiger partial charge on any atom is 0.472 e. The van der Waals surface area contributed by atoms with Crippen LogP contribution in [0, 0.1) is 0 Å². The van der Waals surface area contributed by atoms with Crippen LogP contribution in [0.25, 0.3) is 0 Å². The largest absolute Gasteiger partial charge is 0.480 e. The molecule has 0 saturated heterocycles. The van der Waals surface area contributed by atoms with Gasteiger partial charge >= 0.3 is 19.8 Å². The van der Waals surface area contributed by atoms with Crippen LogP contribution < -0.4 is 5.73 Å². The van der Waals surface area contributed by atoms with Crippen molar-refractivity contribution in [2.75, 3.05) is 26.4 Å². The lowest BCUT2D eigenvalue weighted by atomic mass is 10.1. The number of carbonyl (C=O) groups is 2. The molecule has 53 heavy (non-hydrogen) atoms. The summed E-state index contributed by atoms with van der Waals surface area (Å²) in [5, 5.41) is 8.88. The molecular weight excluding hydrogens is 693 g/mol. The first-order valence-corrected chi connectivity index (χ1v) is 22.9. The van der Waals surface area contributed by atoms with Crippen LogP contribution >= 0.6 is 7.82 Å². The Hall–Kier alpha value is -1.55. The monoisotopic (exact) mass is 774 g/mol. The van der Waals surface area contributed by atoms with Crippen LogP contribution in [0.3, 0.4) is 0 Å². The van der Waals surface area contributed by atoms with E-state index in [1.807, 2.05) is 0 Å². The first-order valence-electron chi connectivity index (χ1n) is 21.4. The molecule has 10 nitrogen and oxygen atoms in total. The smallest absolute Gasteiger partial charge is 0.472 e. The summed E-state index contributed by atoms with van der Waals surface area (Å²) >= 11 is 0. The molecule has 0 fully saturated rings. The maximum atomic E-state index is 12.6. The van der Waals surface area contributed by atoms with E-state index in [1.165, 1.54) is 122 Å². The van der Waals surface area contributed by atoms with E-state index in [9.17, 15) is 19.0 Å². The molecule has 0 amide bonds. The van der Waals surface area contributed by atoms with E-state index < -0.39 is 45.1 Å². The molecule has 312 valence electrons. The summed E-state index contributed by atoms with van der Waals surface area (Å²) in [4.78, 5) is 33.5. The van der Waals surface area contributed by atoms with Gasteiger partial charge in [-0.25, -0.2) is 4.57 Å². The highest BCUT2D eigenvalue weighted by atomic mass is 31.2. The first-order chi connectivity index (χ1) is 25.7. The molecular formula is C42H80NO9P. The Labute approximate surface area is 324 Å². The SMILES string of the molecule is CCCC/C=C\CCCCCCCCOCC(COP(=O)(O)OCC(N)C(=O)O)OC(=O)CCCCCCCCCCC/C=C\CCCCCCCC. The molecule has 3 unspecified atom stereocenters. The Bertz CT molecular complexity index is 946. The summed E-state index contributed by atoms with van der Waals surface area (Å²) in [7, 11) is -4.61. The normalized spacial score (nSPS) is 14.2. The number of rotatable bonds is 41. The molecule has 0 aromatic heterocycles. The van der Waals surface area contributed by atoms with Crippen molar-refractivity contribution in [2.45, 2.75) is 206 Å². The van der Waals surface area contributed by atoms with E-state index in [0.29, 0.717) is 13.0 Å². The second-order valence-electron chi connectivity index (χ2n) is 14.5. The fourth-order valence-electron chi connectivity index (χ4n) is 5.81. The Morgan fingerprint density at radius 2 is 1.00 bits per heavy atom. The summed E-state index contributed by atoms with van der Waals surface area (Å²) in [6.45, 7) is 3.84. The van der Waals surface area contributed by atoms with Crippen molar-refractivity contribution in [3.8, 4) is 0 Å². The molecule has 0 aliphatic rings. The van der Waals surface area contributed by atoms with Gasteiger partial charge in [0.25, 0.3) is 0 Å². The number of allylic oxidation sites excluding steroid dienone is 4. The molecule has 0 saturated carbocycles. The molecule has 4 N–H and O–H groups in total. The number of carboxylic acid groups (broad SMARTS) is 1. The zero-order valence-electron chi connectivity index (χ0n) is 33.9. The summed E-state index contributed by atoms with van der Waals surface area (Å²) in [5.74, 6) is -1.78. The predicted molar refractivity (Wildman–Crippen MR) is 217 cm³/mol. The van der Waals surface area contributed by atoms with E-state index in [4.69, 9.17) is 29.4 Å². The van der Waals surface area contributed by atoms with Crippen molar-refractivity contribution in [3.63, 3.8) is 0 Å². The number of ether oxygens (including phenoxy) is 2. The number of hydrogen-bond acceptors (Lipinski definition) is 8. The molecule has 3 atom stereocenters. The van der Waals surface area contributed by atoms with E-state index in [-0.39, 0.29) is 13.0 Å². The van der Waals surface area contributed by atoms with Gasteiger partial charge in [0, 0.05) is 13.0 Å². The number of unbranched alkanes of at least 4 members (excludes halogenated alkanes) is 23. The minimum atomic E-state index is -4.61. The van der Waals surface area contributed by atoms with Crippen LogP contribution in [0.2, 0.25) is 0 Å². The van der Waals surface area contributed by atoms with Gasteiger partial charge in [-0.3, -0.25) is 18.6 Å². The first kappa shape index (κ1) is 51.5. The van der Waals surface area contributed by atoms with Gasteiger partial charge in [-0.1, -0.05) is 154 Å². The summed E-state index contributed by atoms with van der Waals surface area (Å²) in [6, 6.07) is -1.47. The number of hydrogen-bond donors (Lipinski definition) is 3. The third-order valence-corrected chi connectivity index (χ3v) is 10.2. The lowest BCUT2D eigenvalue weighted by Crippen LogP contribution is -2.34. The summed E-state index contributed by atoms with van der Waals surface area (Å²) < 4.78 is 33.3. The van der Waals surface area contributed by atoms with Crippen LogP contribution in [-0.2, 0) is 32.7 Å². The standard InChI is InChI=1S/C42H80NO9P/c1-3-5-7-9-11-13-15-17-18-19-20-21-22-23-24-26-28-30-32-34-41(44)52-39(37-50-53(47,48)51-38-40(43)42(45)46)36-49-35-33-31-29-27-25-16-14-12-10-8-6-4-2/h10,12,17-18,39-40H,3-9,11,13-16,19-38,43H2,1-2H3,(H,45,46)(H,47,48)/b12-10-,18-17-. The number of phosphoric ester groups is 1. The van der Waals surface area contributed by atoms with Gasteiger partial charge in [0.15, 0.2) is 0 Å². The van der Waals surface area contributed by atoms with Gasteiger partial charge in [-0.15, -0.1) is 0 Å². The van der Waals surface area contributed by atoms with Crippen LogP contribution in [0.1, 0.15) is 194 Å². The van der Waals surface area contributed by atoms with Crippen LogP contribution in [0.5, 0.6) is 0 Å². The van der Waals surface area contributed by atoms with Crippen LogP contribution in [0.15, 0.2) is 24.3 Å². The topological polar surface area (TPSA) is 155 Å². The minimum absolute atomic E-state index is 0.0141. The fourth-order valence-corrected chi connectivity index (χ4v) is 6.59. The molecule has 0 radical (unpaired) electrons. The van der Waals surface area contributed by atoms with Crippen LogP contribution in [0.4, 0.5) is 0 Å². The highest BCUT2D eigenvalue weighted by molar-refractivity contribution is 7.47. The highest BCUT2D eigenvalue weighted by Crippen LogP contribution is 2.43. The van der Waals surface area contributed by atoms with Gasteiger partial charge in [0.05, 0.1) is 19.8 Å². The summed E-state index contributed by atoms with van der Waals surface area (Å²) in [6.07, 6.45) is 40.8. The Balaban J connectivity index is 4.20. The molecule has 0 aromatic carbocycles. The molecule has 0 bridgehead atoms. The number of carbonyl (C=O) groups excluding carboxylic acids is 1. The third-order valence-electron chi connectivity index (χ3n) is 9.20. The molecule has 0 spiro atoms. The van der Waals surface area contributed by atoms with Gasteiger partial charge in [0.2, 0.25) is 0 Å². The quantitative estimate of drug-likeness (QED) is 0.0237. The molecule has 11 heteroatoms. The average Bonchev–Trinajstić information content (AvgIpc) is 3.13. The van der Waals surface area contributed by atoms with Crippen LogP contribution in [-0.4, -0.2) is 60.5 Å². The lowest BCUT2D eigenvalue weighted by molar-refractivity contribution is -0.154. The number of carboxylic acids is 1. The van der Waals surface area contributed by atoms with Gasteiger partial charge in [-0.2, -0.15) is 0 Å². The van der Waals surface area contributed by atoms with Crippen molar-refractivity contribution < 1.29 is 42.7 Å². The Kier molecular flexibility index (Phi) is 37.6. The van der Waals surface area contributed by atoms with Crippen molar-refractivity contribution in [3.05, 3.63) is 24.3 Å².